The van der Waals surface area contributed by atoms with Crippen LogP contribution in [0.5, 0.6) is 0 Å². The number of rotatable bonds is 18. The number of nitrogens with one attached hydrogen (secondary N) is 3. The summed E-state index contributed by atoms with van der Waals surface area (Å²) < 4.78 is 108. The molecule has 50 heavy (non-hydrogen) atoms. The van der Waals surface area contributed by atoms with Crippen LogP contribution < -0.4 is 232 Å². The van der Waals surface area contributed by atoms with E-state index in [9.17, 15) is 54.4 Å². The fourth-order valence-corrected chi connectivity index (χ4v) is 5.45. The molecule has 0 aliphatic heterocycles. The van der Waals surface area contributed by atoms with Gasteiger partial charge in [-0.15, -0.1) is 0 Å². The van der Waals surface area contributed by atoms with Crippen LogP contribution in [-0.4, -0.2) is 103 Å². The molecule has 0 spiro atoms. The molecule has 1 heterocycles. The van der Waals surface area contributed by atoms with Crippen molar-refractivity contribution < 1.29 is 269 Å². The van der Waals surface area contributed by atoms with Gasteiger partial charge in [-0.2, -0.15) is 19.3 Å². The number of hydrogen-bond acceptors (Lipinski definition) is 22. The molecule has 0 atom stereocenters. The molecule has 3 aromatic rings. The summed E-state index contributed by atoms with van der Waals surface area (Å²) in [5.41, 5.74) is 0.407. The van der Waals surface area contributed by atoms with Gasteiger partial charge in [-0.1, -0.05) is 0 Å². The SMILES string of the molecule is O=S(=O)([O-])CCNc1cc(Nc2nc(Nc3cc(SOO[O-])cc(S(=O)(=O)[O-])c3)nc(S(=O)(=O)[O-])n2)cc(N(CCO)CCO)c1.[K+].[K+].[K+].[K+]. The number of aromatic nitrogens is 3. The van der Waals surface area contributed by atoms with Crippen LogP contribution >= 0.6 is 12.0 Å². The van der Waals surface area contributed by atoms with Gasteiger partial charge in [0.2, 0.25) is 17.1 Å². The molecule has 29 heteroatoms. The zero-order chi connectivity index (χ0) is 34.1. The van der Waals surface area contributed by atoms with E-state index < -0.39 is 58.1 Å². The first-order valence-corrected chi connectivity index (χ1v) is 17.4. The van der Waals surface area contributed by atoms with Crippen LogP contribution in [0.1, 0.15) is 0 Å². The van der Waals surface area contributed by atoms with E-state index in [2.05, 4.69) is 40.3 Å². The molecule has 0 fully saturated rings. The number of anilines is 6. The Kier molecular flexibility index (Phi) is 28.9. The normalized spacial score (nSPS) is 11.2. The van der Waals surface area contributed by atoms with Crippen molar-refractivity contribution in [1.82, 2.24) is 15.0 Å². The van der Waals surface area contributed by atoms with Crippen LogP contribution in [0.4, 0.5) is 34.6 Å². The van der Waals surface area contributed by atoms with Crippen LogP contribution in [0.2, 0.25) is 0 Å². The summed E-state index contributed by atoms with van der Waals surface area (Å²) in [6.07, 6.45) is 0. The standard InChI is InChI=1S/C21H27N7O14S4.4K/c29-4-2-28(3-5-30)16-8-13(22-1-6-44(32,33)34)7-14(9-16)23-19-25-20(27-21(26-19)46(38,39)40)24-15-10-17(43-42-41-31)12-18(11-15)45(35,36)37;;;;/h7-12,22,29-31H,1-6H2,(H,32,33,34)(H,35,36,37)(H,38,39,40)(H2,23,24,25,26,27);;;;/q;4*+1/p-4. The first-order chi connectivity index (χ1) is 21.5. The van der Waals surface area contributed by atoms with E-state index in [1.54, 1.807) is 0 Å². The van der Waals surface area contributed by atoms with Crippen LogP contribution in [0.25, 0.3) is 0 Å². The Morgan fingerprint density at radius 2 is 1.28 bits per heavy atom. The number of nitrogens with zero attached hydrogens (tertiary/aromatic N) is 4. The van der Waals surface area contributed by atoms with E-state index in [1.165, 1.54) is 23.1 Å². The predicted octanol–water partition coefficient (Wildman–Crippen LogP) is -13.8. The molecule has 0 aliphatic carbocycles. The molecule has 254 valence electrons. The molecule has 0 amide bonds. The van der Waals surface area contributed by atoms with Crippen molar-refractivity contribution in [1.29, 1.82) is 0 Å². The molecular formula is C21H23K4N7O14S4. The first-order valence-electron chi connectivity index (χ1n) is 12.3. The van der Waals surface area contributed by atoms with Gasteiger partial charge >= 0.3 is 206 Å². The van der Waals surface area contributed by atoms with Crippen molar-refractivity contribution in [2.24, 2.45) is 0 Å². The van der Waals surface area contributed by atoms with Gasteiger partial charge in [-0.25, -0.2) is 25.3 Å². The van der Waals surface area contributed by atoms with Crippen molar-refractivity contribution in [3.63, 3.8) is 0 Å². The van der Waals surface area contributed by atoms with Gasteiger partial charge in [-0.3, -0.25) is 5.04 Å². The van der Waals surface area contributed by atoms with Crippen LogP contribution in [0, 0.1) is 0 Å². The Labute approximate surface area is 461 Å². The Bertz CT molecular complexity index is 1860. The largest absolute Gasteiger partial charge is 1.00 e. The monoisotopic (exact) mass is 881 g/mol. The summed E-state index contributed by atoms with van der Waals surface area (Å²) in [7, 11) is -15.0. The maximum Gasteiger partial charge on any atom is 1.00 e. The van der Waals surface area contributed by atoms with Gasteiger partial charge in [-0.05, 0) is 36.4 Å². The van der Waals surface area contributed by atoms with E-state index in [0.29, 0.717) is 5.69 Å². The van der Waals surface area contributed by atoms with Crippen molar-refractivity contribution in [2.75, 3.05) is 59.5 Å². The van der Waals surface area contributed by atoms with Crippen LogP contribution in [0.3, 0.4) is 0 Å². The third kappa shape index (κ3) is 20.0. The average Bonchev–Trinajstić information content (AvgIpc) is 2.94. The van der Waals surface area contributed by atoms with Gasteiger partial charge in [0.15, 0.2) is 10.1 Å². The number of hydrogen-bond donors (Lipinski definition) is 5. The summed E-state index contributed by atoms with van der Waals surface area (Å²) in [4.78, 5) is 11.7. The maximum atomic E-state index is 11.9. The fourth-order valence-electron chi connectivity index (χ4n) is 3.63. The third-order valence-corrected chi connectivity index (χ3v) is 8.08. The molecule has 0 saturated carbocycles. The van der Waals surface area contributed by atoms with Gasteiger partial charge in [0.25, 0.3) is 0 Å². The minimum absolute atomic E-state index is 0. The quantitative estimate of drug-likeness (QED) is 0.0260. The van der Waals surface area contributed by atoms with E-state index >= 15 is 0 Å². The second-order valence-electron chi connectivity index (χ2n) is 8.73. The van der Waals surface area contributed by atoms with Crippen molar-refractivity contribution in [3.05, 3.63) is 36.4 Å². The van der Waals surface area contributed by atoms with Gasteiger partial charge < -0.3 is 50.0 Å². The molecule has 21 nitrogen and oxygen atoms in total. The second kappa shape index (κ2) is 26.2. The van der Waals surface area contributed by atoms with E-state index in [0.717, 1.165) is 18.2 Å². The minimum atomic E-state index is -5.33. The topological polar surface area (TPSA) is 332 Å². The Balaban J connectivity index is 0. The Morgan fingerprint density at radius 3 is 1.76 bits per heavy atom. The maximum absolute atomic E-state index is 11.9. The summed E-state index contributed by atoms with van der Waals surface area (Å²) in [5, 5.41) is 38.8. The van der Waals surface area contributed by atoms with Gasteiger partial charge in [0.05, 0.1) is 46.0 Å². The third-order valence-electron chi connectivity index (χ3n) is 5.38. The van der Waals surface area contributed by atoms with E-state index in [4.69, 9.17) is 0 Å². The van der Waals surface area contributed by atoms with E-state index in [-0.39, 0.29) is 272 Å². The predicted molar refractivity (Wildman–Crippen MR) is 153 cm³/mol. The molecule has 2 aromatic carbocycles. The summed E-state index contributed by atoms with van der Waals surface area (Å²) >= 11 is 0.225. The molecule has 0 aliphatic rings. The van der Waals surface area contributed by atoms with Crippen LogP contribution in [-0.2, 0) is 39.7 Å². The Hall–Kier alpha value is 3.08. The van der Waals surface area contributed by atoms with Gasteiger partial charge in [0, 0.05) is 47.3 Å². The smallest absolute Gasteiger partial charge is 0.748 e. The molecule has 0 saturated heterocycles. The summed E-state index contributed by atoms with van der Waals surface area (Å²) in [5.74, 6) is -1.96. The zero-order valence-electron chi connectivity index (χ0n) is 26.9. The van der Waals surface area contributed by atoms with Crippen LogP contribution in [0.15, 0.2) is 51.3 Å². The van der Waals surface area contributed by atoms with Crippen molar-refractivity contribution in [2.45, 2.75) is 14.9 Å². The minimum Gasteiger partial charge on any atom is -0.748 e. The van der Waals surface area contributed by atoms with E-state index in [1.807, 2.05) is 0 Å². The average molecular weight is 882 g/mol. The summed E-state index contributed by atoms with van der Waals surface area (Å²) in [6.45, 7) is -0.875. The summed E-state index contributed by atoms with van der Waals surface area (Å²) in [6, 6.07) is 7.08. The molecule has 1 aromatic heterocycles. The molecule has 5 N–H and O–H groups in total. The molecular weight excluding hydrogens is 859 g/mol. The zero-order valence-corrected chi connectivity index (χ0v) is 42.7. The van der Waals surface area contributed by atoms with Crippen molar-refractivity contribution >= 4 is 77.0 Å². The number of aliphatic hydroxyl groups excluding tert-OH is 2. The molecule has 0 unspecified atom stereocenters. The Morgan fingerprint density at radius 1 is 0.740 bits per heavy atom. The number of benzene rings is 2. The molecule has 0 bridgehead atoms. The first kappa shape index (κ1) is 55.2. The van der Waals surface area contributed by atoms with Crippen molar-refractivity contribution in [3.8, 4) is 0 Å². The molecule has 3 rings (SSSR count). The fraction of sp³-hybridized carbons (Fsp3) is 0.286. The molecule has 0 radical (unpaired) electrons. The number of aliphatic hydroxyl groups is 2. The van der Waals surface area contributed by atoms with Gasteiger partial charge in [0.1, 0.15) is 10.1 Å². The second-order valence-corrected chi connectivity index (χ2v) is 13.7.